The summed E-state index contributed by atoms with van der Waals surface area (Å²) in [5, 5.41) is 5.89. The molecular formula is C19H23N3O3. The highest BCUT2D eigenvalue weighted by atomic mass is 16.5. The maximum Gasteiger partial charge on any atom is 0.315 e. The number of urea groups is 1. The van der Waals surface area contributed by atoms with Crippen LogP contribution in [0.1, 0.15) is 37.4 Å². The smallest absolute Gasteiger partial charge is 0.315 e. The maximum atomic E-state index is 12.3. The zero-order chi connectivity index (χ0) is 17.6. The number of rotatable bonds is 5. The summed E-state index contributed by atoms with van der Waals surface area (Å²) in [4.78, 5) is 16.5. The van der Waals surface area contributed by atoms with Crippen LogP contribution in [0.2, 0.25) is 0 Å². The van der Waals surface area contributed by atoms with Crippen molar-refractivity contribution in [3.05, 3.63) is 53.7 Å². The second kappa shape index (κ2) is 7.88. The lowest BCUT2D eigenvalue weighted by Gasteiger charge is -2.26. The van der Waals surface area contributed by atoms with Crippen molar-refractivity contribution in [1.82, 2.24) is 15.6 Å². The number of carbonyl (C=O) groups is 1. The third kappa shape index (κ3) is 4.41. The molecule has 0 spiro atoms. The minimum atomic E-state index is -0.221. The second-order valence-electron chi connectivity index (χ2n) is 6.19. The fraction of sp³-hybridized carbons (Fsp3) is 0.368. The molecule has 132 valence electrons. The van der Waals surface area contributed by atoms with Crippen molar-refractivity contribution >= 4 is 6.03 Å². The van der Waals surface area contributed by atoms with E-state index in [-0.39, 0.29) is 18.2 Å². The van der Waals surface area contributed by atoms with E-state index in [0.717, 1.165) is 23.3 Å². The van der Waals surface area contributed by atoms with Gasteiger partial charge in [-0.15, -0.1) is 0 Å². The molecule has 1 aliphatic heterocycles. The normalized spacial score (nSPS) is 15.9. The lowest BCUT2D eigenvalue weighted by atomic mass is 10.0. The topological polar surface area (TPSA) is 72.5 Å². The first-order valence-electron chi connectivity index (χ1n) is 8.50. The Labute approximate surface area is 147 Å². The molecule has 2 amide bonds. The number of carbonyl (C=O) groups excluding carboxylic acids is 1. The van der Waals surface area contributed by atoms with Crippen molar-refractivity contribution < 1.29 is 14.3 Å². The van der Waals surface area contributed by atoms with Gasteiger partial charge in [0.05, 0.1) is 18.8 Å². The molecule has 6 nitrogen and oxygen atoms in total. The zero-order valence-electron chi connectivity index (χ0n) is 14.5. The van der Waals surface area contributed by atoms with Gasteiger partial charge in [0, 0.05) is 30.3 Å². The summed E-state index contributed by atoms with van der Waals surface area (Å²) >= 11 is 0. The second-order valence-corrected chi connectivity index (χ2v) is 6.19. The largest absolute Gasteiger partial charge is 0.493 e. The Morgan fingerprint density at radius 3 is 3.00 bits per heavy atom. The van der Waals surface area contributed by atoms with Crippen LogP contribution < -0.4 is 20.1 Å². The molecule has 3 rings (SSSR count). The molecule has 0 saturated heterocycles. The van der Waals surface area contributed by atoms with Gasteiger partial charge in [0.2, 0.25) is 5.88 Å². The highest BCUT2D eigenvalue weighted by Crippen LogP contribution is 2.31. The molecule has 6 heteroatoms. The van der Waals surface area contributed by atoms with Crippen LogP contribution in [0.15, 0.2) is 42.6 Å². The van der Waals surface area contributed by atoms with E-state index >= 15 is 0 Å². The Morgan fingerprint density at radius 2 is 2.16 bits per heavy atom. The average molecular weight is 341 g/mol. The Bertz CT molecular complexity index is 733. The fourth-order valence-corrected chi connectivity index (χ4v) is 2.76. The molecule has 2 N–H and O–H groups in total. The summed E-state index contributed by atoms with van der Waals surface area (Å²) in [5.74, 6) is 1.38. The van der Waals surface area contributed by atoms with Gasteiger partial charge >= 0.3 is 6.03 Å². The van der Waals surface area contributed by atoms with Crippen molar-refractivity contribution in [3.63, 3.8) is 0 Å². The van der Waals surface area contributed by atoms with Crippen molar-refractivity contribution in [3.8, 4) is 11.6 Å². The van der Waals surface area contributed by atoms with E-state index in [1.54, 1.807) is 6.20 Å². The van der Waals surface area contributed by atoms with Gasteiger partial charge in [-0.05, 0) is 26.0 Å². The van der Waals surface area contributed by atoms with E-state index in [1.807, 2.05) is 50.2 Å². The number of para-hydroxylation sites is 1. The summed E-state index contributed by atoms with van der Waals surface area (Å²) in [7, 11) is 0. The van der Waals surface area contributed by atoms with Crippen LogP contribution in [-0.2, 0) is 6.54 Å². The molecule has 0 bridgehead atoms. The third-order valence-electron chi connectivity index (χ3n) is 3.90. The van der Waals surface area contributed by atoms with Gasteiger partial charge in [-0.3, -0.25) is 0 Å². The van der Waals surface area contributed by atoms with E-state index in [4.69, 9.17) is 9.47 Å². The Kier molecular flexibility index (Phi) is 5.38. The average Bonchev–Trinajstić information content (AvgIpc) is 2.61. The number of hydrogen-bond acceptors (Lipinski definition) is 4. The number of hydrogen-bond donors (Lipinski definition) is 2. The Balaban J connectivity index is 1.60. The van der Waals surface area contributed by atoms with E-state index in [1.165, 1.54) is 0 Å². The minimum absolute atomic E-state index is 0.0289. The van der Waals surface area contributed by atoms with Gasteiger partial charge in [-0.25, -0.2) is 9.78 Å². The van der Waals surface area contributed by atoms with Gasteiger partial charge in [-0.1, -0.05) is 24.3 Å². The SMILES string of the molecule is CC(C)Oc1ncccc1CNC(=O)N[C@H]1CCOc2ccccc21. The number of ether oxygens (including phenoxy) is 2. The van der Waals surface area contributed by atoms with Gasteiger partial charge in [0.15, 0.2) is 0 Å². The third-order valence-corrected chi connectivity index (χ3v) is 3.90. The van der Waals surface area contributed by atoms with E-state index in [0.29, 0.717) is 19.0 Å². The first kappa shape index (κ1) is 17.1. The van der Waals surface area contributed by atoms with Crippen molar-refractivity contribution in [2.24, 2.45) is 0 Å². The van der Waals surface area contributed by atoms with E-state index in [9.17, 15) is 4.79 Å². The molecule has 1 aliphatic rings. The molecule has 1 atom stereocenters. The maximum absolute atomic E-state index is 12.3. The first-order valence-corrected chi connectivity index (χ1v) is 8.50. The number of aromatic nitrogens is 1. The predicted octanol–water partition coefficient (Wildman–Crippen LogP) is 3.19. The van der Waals surface area contributed by atoms with Crippen molar-refractivity contribution in [2.75, 3.05) is 6.61 Å². The molecule has 0 saturated carbocycles. The monoisotopic (exact) mass is 341 g/mol. The number of benzene rings is 1. The van der Waals surface area contributed by atoms with Crippen LogP contribution in [0.3, 0.4) is 0 Å². The fourth-order valence-electron chi connectivity index (χ4n) is 2.76. The van der Waals surface area contributed by atoms with Crippen LogP contribution in [-0.4, -0.2) is 23.7 Å². The van der Waals surface area contributed by atoms with Crippen LogP contribution in [0.5, 0.6) is 11.6 Å². The molecule has 0 aliphatic carbocycles. The zero-order valence-corrected chi connectivity index (χ0v) is 14.5. The van der Waals surface area contributed by atoms with Gasteiger partial charge < -0.3 is 20.1 Å². The van der Waals surface area contributed by atoms with Crippen molar-refractivity contribution in [1.29, 1.82) is 0 Å². The first-order chi connectivity index (χ1) is 12.1. The Hall–Kier alpha value is -2.76. The standard InChI is InChI=1S/C19H23N3O3/c1-13(2)25-18-14(6-5-10-20-18)12-21-19(23)22-16-9-11-24-17-8-4-3-7-15(16)17/h3-8,10,13,16H,9,11-12H2,1-2H3,(H2,21,22,23)/t16-/m0/s1. The number of fused-ring (bicyclic) bond motifs is 1. The van der Waals surface area contributed by atoms with E-state index in [2.05, 4.69) is 15.6 Å². The lowest BCUT2D eigenvalue weighted by molar-refractivity contribution is 0.221. The van der Waals surface area contributed by atoms with E-state index < -0.39 is 0 Å². The predicted molar refractivity (Wildman–Crippen MR) is 94.7 cm³/mol. The number of nitrogens with one attached hydrogen (secondary N) is 2. The highest BCUT2D eigenvalue weighted by Gasteiger charge is 2.22. The van der Waals surface area contributed by atoms with Crippen LogP contribution in [0, 0.1) is 0 Å². The quantitative estimate of drug-likeness (QED) is 0.876. The molecular weight excluding hydrogens is 318 g/mol. The van der Waals surface area contributed by atoms with Crippen LogP contribution >= 0.6 is 0 Å². The summed E-state index contributed by atoms with van der Waals surface area (Å²) in [6.07, 6.45) is 2.46. The molecule has 0 unspecified atom stereocenters. The molecule has 1 aromatic heterocycles. The summed E-state index contributed by atoms with van der Waals surface area (Å²) in [6, 6.07) is 11.2. The molecule has 2 heterocycles. The summed E-state index contributed by atoms with van der Waals surface area (Å²) in [5.41, 5.74) is 1.85. The number of nitrogens with zero attached hydrogens (tertiary/aromatic N) is 1. The minimum Gasteiger partial charge on any atom is -0.493 e. The number of pyridine rings is 1. The van der Waals surface area contributed by atoms with Gasteiger partial charge in [0.25, 0.3) is 0 Å². The molecule has 25 heavy (non-hydrogen) atoms. The molecule has 0 fully saturated rings. The highest BCUT2D eigenvalue weighted by molar-refractivity contribution is 5.74. The molecule has 1 aromatic carbocycles. The Morgan fingerprint density at radius 1 is 1.32 bits per heavy atom. The molecule has 2 aromatic rings. The van der Waals surface area contributed by atoms with Crippen LogP contribution in [0.25, 0.3) is 0 Å². The van der Waals surface area contributed by atoms with Crippen molar-refractivity contribution in [2.45, 2.75) is 39.0 Å². The van der Waals surface area contributed by atoms with Crippen LogP contribution in [0.4, 0.5) is 4.79 Å². The molecule has 0 radical (unpaired) electrons. The van der Waals surface area contributed by atoms with Gasteiger partial charge in [-0.2, -0.15) is 0 Å². The number of amides is 2. The summed E-state index contributed by atoms with van der Waals surface area (Å²) < 4.78 is 11.3. The lowest BCUT2D eigenvalue weighted by Crippen LogP contribution is -2.39. The summed E-state index contributed by atoms with van der Waals surface area (Å²) in [6.45, 7) is 4.84. The van der Waals surface area contributed by atoms with Gasteiger partial charge in [0.1, 0.15) is 5.75 Å².